The Balaban J connectivity index is 1.88. The van der Waals surface area contributed by atoms with E-state index in [0.29, 0.717) is 0 Å². The first-order valence-electron chi connectivity index (χ1n) is 15.2. The topological polar surface area (TPSA) is 277 Å². The third-order valence-corrected chi connectivity index (χ3v) is 6.96. The summed E-state index contributed by atoms with van der Waals surface area (Å²) in [5, 5.41) is 35.0. The molecule has 1 amide bonds. The van der Waals surface area contributed by atoms with Gasteiger partial charge in [0.15, 0.2) is 6.10 Å². The molecule has 0 aliphatic carbocycles. The number of nitrogens with zero attached hydrogens (tertiary/aromatic N) is 3. The monoisotopic (exact) mass is 705 g/mol. The van der Waals surface area contributed by atoms with Gasteiger partial charge in [0, 0.05) is 66.6 Å². The summed E-state index contributed by atoms with van der Waals surface area (Å²) < 4.78 is 25.4. The number of carbonyl (C=O) groups is 8. The minimum absolute atomic E-state index is 0.00443. The van der Waals surface area contributed by atoms with Gasteiger partial charge in [-0.25, -0.2) is 0 Å². The van der Waals surface area contributed by atoms with E-state index in [1.165, 1.54) is 14.7 Å². The molecule has 2 aliphatic heterocycles. The zero-order chi connectivity index (χ0) is 36.7. The Labute approximate surface area is 280 Å². The Hall–Kier alpha value is -4.28. The fourth-order valence-corrected chi connectivity index (χ4v) is 4.96. The molecule has 21 heteroatoms. The van der Waals surface area contributed by atoms with Crippen molar-refractivity contribution in [1.29, 1.82) is 0 Å². The van der Waals surface area contributed by atoms with Gasteiger partial charge in [-0.3, -0.25) is 53.1 Å². The summed E-state index contributed by atoms with van der Waals surface area (Å²) in [6.45, 7) is 2.16. The van der Waals surface area contributed by atoms with Crippen molar-refractivity contribution in [2.24, 2.45) is 0 Å². The highest BCUT2D eigenvalue weighted by molar-refractivity contribution is 5.90. The van der Waals surface area contributed by atoms with Crippen molar-refractivity contribution in [2.45, 2.75) is 51.5 Å². The minimum Gasteiger partial charge on any atom is -0.480 e. The minimum atomic E-state index is -1.51. The summed E-state index contributed by atoms with van der Waals surface area (Å²) >= 11 is 0. The van der Waals surface area contributed by atoms with Crippen LogP contribution in [0.5, 0.6) is 0 Å². The van der Waals surface area contributed by atoms with Crippen molar-refractivity contribution in [3.63, 3.8) is 0 Å². The van der Waals surface area contributed by atoms with Gasteiger partial charge in [-0.2, -0.15) is 0 Å². The van der Waals surface area contributed by atoms with Crippen molar-refractivity contribution in [3.05, 3.63) is 0 Å². The highest BCUT2D eigenvalue weighted by Gasteiger charge is 2.50. The van der Waals surface area contributed by atoms with Crippen LogP contribution in [-0.4, -0.2) is 187 Å². The first-order chi connectivity index (χ1) is 23.0. The Morgan fingerprint density at radius 1 is 0.796 bits per heavy atom. The molecule has 5 N–H and O–H groups in total. The van der Waals surface area contributed by atoms with Crippen molar-refractivity contribution >= 4 is 47.7 Å². The number of aliphatic hydroxyl groups is 1. The van der Waals surface area contributed by atoms with Crippen LogP contribution < -0.4 is 10.6 Å². The quantitative estimate of drug-likeness (QED) is 0.0345. The van der Waals surface area contributed by atoms with E-state index in [4.69, 9.17) is 18.9 Å². The Kier molecular flexibility index (Phi) is 16.9. The predicted molar refractivity (Wildman–Crippen MR) is 159 cm³/mol. The van der Waals surface area contributed by atoms with Crippen LogP contribution >= 0.6 is 0 Å². The summed E-state index contributed by atoms with van der Waals surface area (Å²) in [6, 6.07) is 0. The van der Waals surface area contributed by atoms with Crippen LogP contribution in [0.1, 0.15) is 20.8 Å². The number of amides is 1. The van der Waals surface area contributed by atoms with E-state index in [9.17, 15) is 53.7 Å². The summed E-state index contributed by atoms with van der Waals surface area (Å²) in [5.74, 6) is -6.73. The van der Waals surface area contributed by atoms with Crippen LogP contribution in [0, 0.1) is 0 Å². The molecule has 3 unspecified atom stereocenters. The van der Waals surface area contributed by atoms with Gasteiger partial charge < -0.3 is 49.6 Å². The van der Waals surface area contributed by atoms with Gasteiger partial charge in [0.1, 0.15) is 12.2 Å². The van der Waals surface area contributed by atoms with Crippen molar-refractivity contribution in [1.82, 2.24) is 25.3 Å². The van der Waals surface area contributed by atoms with Gasteiger partial charge in [-0.05, 0) is 0 Å². The summed E-state index contributed by atoms with van der Waals surface area (Å²) in [5.41, 5.74) is 0. The average Bonchev–Trinajstić information content (AvgIpc) is 2.96. The van der Waals surface area contributed by atoms with Gasteiger partial charge in [-0.15, -0.1) is 0 Å². The van der Waals surface area contributed by atoms with E-state index in [0.717, 1.165) is 20.8 Å². The molecule has 2 heterocycles. The third-order valence-electron chi connectivity index (χ3n) is 6.96. The Morgan fingerprint density at radius 2 is 1.35 bits per heavy atom. The molecule has 2 fully saturated rings. The largest absolute Gasteiger partial charge is 0.480 e. The molecular formula is C28H43N5O16. The van der Waals surface area contributed by atoms with Crippen molar-refractivity contribution in [3.8, 4) is 0 Å². The predicted octanol–water partition coefficient (Wildman–Crippen LogP) is -4.64. The number of nitrogens with one attached hydrogen (secondary N) is 2. The van der Waals surface area contributed by atoms with Gasteiger partial charge in [-0.1, -0.05) is 0 Å². The molecule has 2 rings (SSSR count). The second-order valence-electron chi connectivity index (χ2n) is 11.2. The number of carboxylic acid groups (broad SMARTS) is 2. The van der Waals surface area contributed by atoms with Crippen LogP contribution in [-0.2, 0) is 62.0 Å². The van der Waals surface area contributed by atoms with Crippen molar-refractivity contribution in [2.75, 3.05) is 78.5 Å². The smallest absolute Gasteiger partial charge is 0.327 e. The Bertz CT molecular complexity index is 1200. The number of hydrogen-bond acceptors (Lipinski definition) is 18. The normalized spacial score (nSPS) is 22.7. The second kappa shape index (κ2) is 20.3. The number of rotatable bonds is 20. The lowest BCUT2D eigenvalue weighted by atomic mass is 9.98. The fourth-order valence-electron chi connectivity index (χ4n) is 4.96. The number of esters is 5. The zero-order valence-corrected chi connectivity index (χ0v) is 27.4. The van der Waals surface area contributed by atoms with Gasteiger partial charge >= 0.3 is 41.8 Å². The highest BCUT2D eigenvalue weighted by Crippen LogP contribution is 2.27. The zero-order valence-electron chi connectivity index (χ0n) is 27.4. The maximum absolute atomic E-state index is 12.6. The molecule has 0 spiro atoms. The number of hydrogen-bond donors (Lipinski definition) is 5. The first kappa shape index (κ1) is 40.9. The molecule has 0 radical (unpaired) electrons. The van der Waals surface area contributed by atoms with E-state index >= 15 is 0 Å². The fraction of sp³-hybridized carbons (Fsp3) is 0.714. The van der Waals surface area contributed by atoms with Gasteiger partial charge in [0.2, 0.25) is 18.3 Å². The Morgan fingerprint density at radius 3 is 1.92 bits per heavy atom. The number of aliphatic hydroxyl groups excluding tert-OH is 1. The van der Waals surface area contributed by atoms with E-state index in [-0.39, 0.29) is 65.4 Å². The molecule has 5 atom stereocenters. The summed E-state index contributed by atoms with van der Waals surface area (Å²) in [6.07, 6.45) is -6.99. The summed E-state index contributed by atoms with van der Waals surface area (Å²) in [4.78, 5) is 97.6. The molecule has 0 aromatic heterocycles. The number of cyclic esters (lactones) is 2. The maximum Gasteiger partial charge on any atom is 0.327 e. The highest BCUT2D eigenvalue weighted by atomic mass is 16.7. The molecule has 49 heavy (non-hydrogen) atoms. The molecule has 2 saturated heterocycles. The molecule has 2 aliphatic rings. The van der Waals surface area contributed by atoms with Crippen LogP contribution in [0.2, 0.25) is 0 Å². The van der Waals surface area contributed by atoms with Crippen molar-refractivity contribution < 1.29 is 77.4 Å². The number of aliphatic carboxylic acids is 2. The standard InChI is InChI=1S/C28H43N5O16/c1-16(34)45-26-25(44)19(48-28(47-18(3)36)27(26)46-17(2)35)10-29-4-5-30-20(37)11-32(13-22(40)41)8-6-31(12-21(38)39)7-9-33-14-23(42)49-24(43)15-33/h19,25-29,44H,4-15H2,1-3H3,(H,30,37)(H,38,39)(H,40,41)/t19?,25-,26?,27?,28-/m1/s1. The van der Waals surface area contributed by atoms with Gasteiger partial charge in [0.25, 0.3) is 0 Å². The summed E-state index contributed by atoms with van der Waals surface area (Å²) in [7, 11) is 0. The first-order valence-corrected chi connectivity index (χ1v) is 15.2. The third kappa shape index (κ3) is 15.7. The van der Waals surface area contributed by atoms with Crippen LogP contribution in [0.15, 0.2) is 0 Å². The SMILES string of the molecule is CC(=O)OC1C(OC(C)=O)[C@H](O)C(CNCCNC(=O)CN(CCN(CCN2CC(=O)OC(=O)C2)CC(=O)O)CC(=O)O)O[C@H]1OC(C)=O. The van der Waals surface area contributed by atoms with E-state index < -0.39 is 91.5 Å². The second-order valence-corrected chi connectivity index (χ2v) is 11.2. The lowest BCUT2D eigenvalue weighted by molar-refractivity contribution is -0.292. The molecule has 0 aromatic carbocycles. The lowest BCUT2D eigenvalue weighted by Crippen LogP contribution is -2.62. The molecule has 21 nitrogen and oxygen atoms in total. The molecule has 0 saturated carbocycles. The number of carbonyl (C=O) groups excluding carboxylic acids is 6. The van der Waals surface area contributed by atoms with E-state index in [1.54, 1.807) is 0 Å². The van der Waals surface area contributed by atoms with Crippen LogP contribution in [0.25, 0.3) is 0 Å². The van der Waals surface area contributed by atoms with Crippen LogP contribution in [0.3, 0.4) is 0 Å². The van der Waals surface area contributed by atoms with E-state index in [2.05, 4.69) is 15.4 Å². The van der Waals surface area contributed by atoms with E-state index in [1.807, 2.05) is 0 Å². The molecule has 0 bridgehead atoms. The maximum atomic E-state index is 12.6. The average molecular weight is 706 g/mol. The molecule has 276 valence electrons. The lowest BCUT2D eigenvalue weighted by Gasteiger charge is -2.42. The van der Waals surface area contributed by atoms with Crippen LogP contribution in [0.4, 0.5) is 0 Å². The number of ether oxygens (including phenoxy) is 5. The molecule has 0 aromatic rings. The van der Waals surface area contributed by atoms with Gasteiger partial charge in [0.05, 0.1) is 32.7 Å². The molecular weight excluding hydrogens is 662 g/mol. The number of carboxylic acids is 2. The number of morpholine rings is 1.